The molecule has 5 rings (SSSR count). The number of nitrogen functional groups attached to an aromatic ring is 1. The van der Waals surface area contributed by atoms with Crippen molar-refractivity contribution in [2.75, 3.05) is 11.5 Å². The van der Waals surface area contributed by atoms with Gasteiger partial charge in [-0.1, -0.05) is 10.3 Å². The van der Waals surface area contributed by atoms with Gasteiger partial charge in [0.05, 0.1) is 6.26 Å². The van der Waals surface area contributed by atoms with E-state index in [0.717, 1.165) is 10.3 Å². The number of nitrogens with one attached hydrogen (secondary N) is 1. The van der Waals surface area contributed by atoms with Gasteiger partial charge in [0.1, 0.15) is 17.1 Å². The maximum Gasteiger partial charge on any atom is 0.352 e. The fourth-order valence-corrected chi connectivity index (χ4v) is 5.33. The average Bonchev–Trinajstić information content (AvgIpc) is 3.55. The van der Waals surface area contributed by atoms with Gasteiger partial charge in [0.15, 0.2) is 18.3 Å². The molecule has 2 aliphatic heterocycles. The van der Waals surface area contributed by atoms with Gasteiger partial charge >= 0.3 is 18.0 Å². The highest BCUT2D eigenvalue weighted by Crippen LogP contribution is 2.40. The van der Waals surface area contributed by atoms with Crippen molar-refractivity contribution in [1.29, 1.82) is 0 Å². The third-order valence-electron chi connectivity index (χ3n) is 6.11. The number of oxime groups is 1. The van der Waals surface area contributed by atoms with Crippen molar-refractivity contribution in [3.63, 3.8) is 0 Å². The number of carboxylic acids is 2. The number of amides is 2. The summed E-state index contributed by atoms with van der Waals surface area (Å²) in [7, 11) is 0. The highest BCUT2D eigenvalue weighted by molar-refractivity contribution is 8.00. The number of carbonyl (C=O) groups is 4. The highest BCUT2D eigenvalue weighted by atomic mass is 32.2. The van der Waals surface area contributed by atoms with Crippen molar-refractivity contribution in [3.8, 4) is 0 Å². The van der Waals surface area contributed by atoms with Crippen LogP contribution in [0.15, 0.2) is 56.2 Å². The van der Waals surface area contributed by atoms with Gasteiger partial charge in [-0.05, 0) is 19.9 Å². The molecule has 40 heavy (non-hydrogen) atoms. The van der Waals surface area contributed by atoms with E-state index in [0.29, 0.717) is 11.2 Å². The van der Waals surface area contributed by atoms with Gasteiger partial charge in [-0.3, -0.25) is 14.5 Å². The van der Waals surface area contributed by atoms with E-state index in [4.69, 9.17) is 15.0 Å². The fourth-order valence-electron chi connectivity index (χ4n) is 3.99. The van der Waals surface area contributed by atoms with Gasteiger partial charge in [-0.25, -0.2) is 9.59 Å². The van der Waals surface area contributed by atoms with Crippen LogP contribution in [0.3, 0.4) is 0 Å². The lowest BCUT2D eigenvalue weighted by molar-refractivity contribution is -0.688. The van der Waals surface area contributed by atoms with Crippen LogP contribution < -0.4 is 15.6 Å². The minimum atomic E-state index is -1.82. The highest BCUT2D eigenvalue weighted by Gasteiger charge is 2.55. The van der Waals surface area contributed by atoms with E-state index in [2.05, 4.69) is 25.1 Å². The SMILES string of the molecule is CC(C)(O/N=C(\C(=O)NC1C(=O)N2C(C(=O)O)=C(C[n+]3ccc4ccoc4c3)CS[C@H]12)c1noc(N)n1)C(=O)O. The van der Waals surface area contributed by atoms with Crippen LogP contribution in [0.5, 0.6) is 0 Å². The maximum atomic E-state index is 13.1. The summed E-state index contributed by atoms with van der Waals surface area (Å²) in [6, 6.07) is 2.12. The van der Waals surface area contributed by atoms with Crippen LogP contribution in [0.1, 0.15) is 19.7 Å². The Kier molecular flexibility index (Phi) is 6.66. The first-order valence-corrected chi connectivity index (χ1v) is 12.7. The molecule has 2 atom stereocenters. The van der Waals surface area contributed by atoms with Crippen LogP contribution in [-0.4, -0.2) is 77.5 Å². The molecule has 3 aromatic heterocycles. The molecule has 16 nitrogen and oxygen atoms in total. The Bertz CT molecular complexity index is 1610. The number of nitrogens with two attached hydrogens (primary N) is 1. The third kappa shape index (κ3) is 4.81. The number of furan rings is 1. The number of aromatic nitrogens is 3. The standard InChI is InChI=1S/C23H21N7O9S/c1-23(2,21(35)36)39-27-13(16-26-22(24)38-28-16)17(31)25-14-18(32)30-15(20(33)34)11(9-40-19(14)30)7-29-5-3-10-4-6-37-12(10)8-29/h3-6,8,14,19H,7,9H2,1-2H3,(H4-,24,25,26,28,31,33,34,35,36)/p+1/b27-13-/t14?,19-/m1/s1. The van der Waals surface area contributed by atoms with E-state index in [-0.39, 0.29) is 18.0 Å². The zero-order chi connectivity index (χ0) is 28.8. The van der Waals surface area contributed by atoms with E-state index in [1.807, 2.05) is 6.07 Å². The Morgan fingerprint density at radius 1 is 1.35 bits per heavy atom. The zero-order valence-corrected chi connectivity index (χ0v) is 21.7. The predicted octanol–water partition coefficient (Wildman–Crippen LogP) is -0.292. The number of carboxylic acid groups (broad SMARTS) is 2. The molecule has 0 spiro atoms. The van der Waals surface area contributed by atoms with E-state index in [1.165, 1.54) is 25.6 Å². The lowest BCUT2D eigenvalue weighted by atomic mass is 10.0. The van der Waals surface area contributed by atoms with Gasteiger partial charge in [0.2, 0.25) is 23.3 Å². The lowest BCUT2D eigenvalue weighted by Gasteiger charge is -2.49. The first kappa shape index (κ1) is 26.7. The number of β-lactam (4-membered cyclic amide) rings is 1. The number of hydrogen-bond donors (Lipinski definition) is 4. The van der Waals surface area contributed by atoms with Crippen molar-refractivity contribution in [2.24, 2.45) is 5.16 Å². The Balaban J connectivity index is 1.36. The molecule has 0 saturated carbocycles. The molecule has 17 heteroatoms. The normalized spacial score (nSPS) is 19.3. The number of anilines is 1. The van der Waals surface area contributed by atoms with Gasteiger partial charge in [0, 0.05) is 22.8 Å². The number of rotatable bonds is 9. The number of hydrogen-bond acceptors (Lipinski definition) is 12. The van der Waals surface area contributed by atoms with E-state index < -0.39 is 58.3 Å². The number of fused-ring (bicyclic) bond motifs is 2. The first-order valence-electron chi connectivity index (χ1n) is 11.6. The molecule has 0 aromatic carbocycles. The molecule has 5 N–H and O–H groups in total. The second kappa shape index (κ2) is 9.99. The Morgan fingerprint density at radius 2 is 2.12 bits per heavy atom. The Morgan fingerprint density at radius 3 is 2.80 bits per heavy atom. The minimum absolute atomic E-state index is 0.169. The van der Waals surface area contributed by atoms with Gasteiger partial charge in [-0.2, -0.15) is 9.55 Å². The first-order chi connectivity index (χ1) is 19.0. The molecule has 5 heterocycles. The number of thioether (sulfide) groups is 1. The third-order valence-corrected chi connectivity index (χ3v) is 7.45. The molecule has 0 bridgehead atoms. The molecule has 3 aromatic rings. The van der Waals surface area contributed by atoms with Crippen molar-refractivity contribution in [2.45, 2.75) is 37.4 Å². The van der Waals surface area contributed by atoms with Crippen molar-refractivity contribution in [3.05, 3.63) is 47.9 Å². The Labute approximate surface area is 228 Å². The van der Waals surface area contributed by atoms with E-state index in [9.17, 15) is 29.4 Å². The number of carbonyl (C=O) groups excluding carboxylic acids is 2. The maximum absolute atomic E-state index is 13.1. The number of aliphatic carboxylic acids is 2. The molecular weight excluding hydrogens is 550 g/mol. The van der Waals surface area contributed by atoms with Gasteiger partial charge in [0.25, 0.3) is 11.8 Å². The second-order valence-electron chi connectivity index (χ2n) is 9.28. The summed E-state index contributed by atoms with van der Waals surface area (Å²) < 4.78 is 11.8. The van der Waals surface area contributed by atoms with Gasteiger partial charge in [-0.15, -0.1) is 11.8 Å². The summed E-state index contributed by atoms with van der Waals surface area (Å²) in [6.45, 7) is 2.60. The second-order valence-corrected chi connectivity index (χ2v) is 10.4. The van der Waals surface area contributed by atoms with Crippen LogP contribution in [-0.2, 0) is 30.6 Å². The average molecular weight is 573 g/mol. The summed E-state index contributed by atoms with van der Waals surface area (Å²) in [4.78, 5) is 59.7. The molecule has 208 valence electrons. The molecule has 1 fully saturated rings. The number of nitrogens with zero attached hydrogens (tertiary/aromatic N) is 5. The van der Waals surface area contributed by atoms with Crippen molar-refractivity contribution >= 4 is 58.2 Å². The molecule has 2 aliphatic rings. The monoisotopic (exact) mass is 572 g/mol. The smallest absolute Gasteiger partial charge is 0.352 e. The largest absolute Gasteiger partial charge is 0.478 e. The molecule has 0 aliphatic carbocycles. The van der Waals surface area contributed by atoms with Crippen molar-refractivity contribution in [1.82, 2.24) is 20.4 Å². The summed E-state index contributed by atoms with van der Waals surface area (Å²) in [5.74, 6) is -4.44. The molecule has 2 amide bonds. The topological polar surface area (TPSA) is 228 Å². The lowest BCUT2D eigenvalue weighted by Crippen LogP contribution is -2.71. The van der Waals surface area contributed by atoms with Gasteiger partial charge < -0.3 is 35.0 Å². The molecule has 1 saturated heterocycles. The van der Waals surface area contributed by atoms with Crippen LogP contribution in [0.4, 0.5) is 6.01 Å². The van der Waals surface area contributed by atoms with Crippen LogP contribution in [0.2, 0.25) is 0 Å². The predicted molar refractivity (Wildman–Crippen MR) is 134 cm³/mol. The quantitative estimate of drug-likeness (QED) is 0.112. The molecule has 0 radical (unpaired) electrons. The zero-order valence-electron chi connectivity index (χ0n) is 20.9. The number of pyridine rings is 1. The summed E-state index contributed by atoms with van der Waals surface area (Å²) >= 11 is 1.27. The Hall–Kier alpha value is -4.93. The summed E-state index contributed by atoms with van der Waals surface area (Å²) in [5, 5.41) is 29.0. The van der Waals surface area contributed by atoms with Crippen molar-refractivity contribution < 1.29 is 47.7 Å². The minimum Gasteiger partial charge on any atom is -0.478 e. The molecular formula is C23H22N7O9S+. The van der Waals surface area contributed by atoms with E-state index >= 15 is 0 Å². The fraction of sp³-hybridized carbons (Fsp3) is 0.304. The van der Waals surface area contributed by atoms with Crippen LogP contribution >= 0.6 is 11.8 Å². The molecule has 1 unspecified atom stereocenters. The van der Waals surface area contributed by atoms with Crippen LogP contribution in [0, 0.1) is 0 Å². The summed E-state index contributed by atoms with van der Waals surface area (Å²) in [5.41, 5.74) is 3.97. The van der Waals surface area contributed by atoms with E-state index in [1.54, 1.807) is 29.3 Å². The van der Waals surface area contributed by atoms with Crippen LogP contribution in [0.25, 0.3) is 11.0 Å². The summed E-state index contributed by atoms with van der Waals surface area (Å²) in [6.07, 6.45) is 5.06.